The lowest BCUT2D eigenvalue weighted by molar-refractivity contribution is -0.120. The number of hydrogen-bond acceptors (Lipinski definition) is 5. The molecule has 7 nitrogen and oxygen atoms in total. The summed E-state index contributed by atoms with van der Waals surface area (Å²) in [5, 5.41) is 6.93. The molecular formula is C20H27N5O2S. The Morgan fingerprint density at radius 2 is 1.86 bits per heavy atom. The number of benzene rings is 1. The zero-order valence-electron chi connectivity index (χ0n) is 16.3. The van der Waals surface area contributed by atoms with E-state index in [9.17, 15) is 9.59 Å². The van der Waals surface area contributed by atoms with E-state index >= 15 is 0 Å². The van der Waals surface area contributed by atoms with E-state index in [1.807, 2.05) is 48.9 Å². The molecule has 0 aliphatic heterocycles. The summed E-state index contributed by atoms with van der Waals surface area (Å²) >= 11 is 1.28. The monoisotopic (exact) mass is 401 g/mol. The maximum Gasteiger partial charge on any atom is 0.318 e. The fourth-order valence-corrected chi connectivity index (χ4v) is 4.48. The molecule has 1 fully saturated rings. The summed E-state index contributed by atoms with van der Waals surface area (Å²) < 4.78 is 1.90. The van der Waals surface area contributed by atoms with E-state index in [1.54, 1.807) is 0 Å². The summed E-state index contributed by atoms with van der Waals surface area (Å²) in [7, 11) is 0. The molecule has 0 saturated heterocycles. The van der Waals surface area contributed by atoms with Gasteiger partial charge in [-0.3, -0.25) is 10.1 Å². The number of rotatable bonds is 6. The highest BCUT2D eigenvalue weighted by Crippen LogP contribution is 2.35. The molecule has 1 saturated carbocycles. The number of thioether (sulfide) groups is 1. The van der Waals surface area contributed by atoms with E-state index in [4.69, 9.17) is 15.8 Å². The number of nitrogens with zero attached hydrogens (tertiary/aromatic N) is 3. The SMILES string of the molecule is CC(C)[C@H](Sc1nc(C2CCCCC2)n(-c2ccccc2)n1)C(=O)NC(N)=O. The molecule has 28 heavy (non-hydrogen) atoms. The Kier molecular flexibility index (Phi) is 6.72. The van der Waals surface area contributed by atoms with E-state index in [0.29, 0.717) is 11.1 Å². The Bertz CT molecular complexity index is 815. The van der Waals surface area contributed by atoms with Crippen molar-refractivity contribution in [3.05, 3.63) is 36.2 Å². The molecule has 3 amide bonds. The third-order valence-corrected chi connectivity index (χ3v) is 6.32. The third kappa shape index (κ3) is 4.92. The number of imide groups is 1. The highest BCUT2D eigenvalue weighted by molar-refractivity contribution is 8.00. The first-order chi connectivity index (χ1) is 13.5. The molecule has 0 radical (unpaired) electrons. The highest BCUT2D eigenvalue weighted by Gasteiger charge is 2.29. The van der Waals surface area contributed by atoms with Crippen LogP contribution in [0.4, 0.5) is 4.79 Å². The van der Waals surface area contributed by atoms with Crippen molar-refractivity contribution < 1.29 is 9.59 Å². The lowest BCUT2D eigenvalue weighted by Crippen LogP contribution is -2.42. The van der Waals surface area contributed by atoms with Crippen LogP contribution >= 0.6 is 11.8 Å². The molecule has 1 heterocycles. The average Bonchev–Trinajstić information content (AvgIpc) is 3.11. The lowest BCUT2D eigenvalue weighted by Gasteiger charge is -2.21. The van der Waals surface area contributed by atoms with Crippen LogP contribution in [0.2, 0.25) is 0 Å². The zero-order valence-corrected chi connectivity index (χ0v) is 17.1. The normalized spacial score (nSPS) is 16.1. The van der Waals surface area contributed by atoms with Gasteiger partial charge in [-0.2, -0.15) is 0 Å². The van der Waals surface area contributed by atoms with Gasteiger partial charge in [0.1, 0.15) is 5.82 Å². The summed E-state index contributed by atoms with van der Waals surface area (Å²) in [6, 6.07) is 9.10. The molecule has 8 heteroatoms. The fourth-order valence-electron chi connectivity index (χ4n) is 3.54. The van der Waals surface area contributed by atoms with Gasteiger partial charge in [-0.15, -0.1) is 5.10 Å². The van der Waals surface area contributed by atoms with Crippen molar-refractivity contribution in [2.45, 2.75) is 62.3 Å². The van der Waals surface area contributed by atoms with E-state index in [1.165, 1.54) is 31.0 Å². The van der Waals surface area contributed by atoms with Crippen LogP contribution < -0.4 is 11.1 Å². The van der Waals surface area contributed by atoms with E-state index < -0.39 is 17.2 Å². The number of hydrogen-bond donors (Lipinski definition) is 2. The molecule has 1 aliphatic rings. The van der Waals surface area contributed by atoms with Gasteiger partial charge in [-0.1, -0.05) is 63.1 Å². The standard InChI is InChI=1S/C20H27N5O2S/c1-13(2)16(18(26)23-19(21)27)28-20-22-17(14-9-5-3-6-10-14)25(24-20)15-11-7-4-8-12-15/h4,7-8,11-14,16H,3,5-6,9-10H2,1-2H3,(H3,21,23,26,27)/t16-/m0/s1. The molecule has 1 aliphatic carbocycles. The van der Waals surface area contributed by atoms with Gasteiger partial charge < -0.3 is 5.73 Å². The molecule has 150 valence electrons. The Morgan fingerprint density at radius 1 is 1.18 bits per heavy atom. The Hall–Kier alpha value is -2.35. The Balaban J connectivity index is 1.91. The number of para-hydroxylation sites is 1. The molecule has 1 aromatic carbocycles. The molecule has 0 bridgehead atoms. The second-order valence-electron chi connectivity index (χ2n) is 7.47. The Morgan fingerprint density at radius 3 is 2.46 bits per heavy atom. The van der Waals surface area contributed by atoms with Crippen molar-refractivity contribution in [3.63, 3.8) is 0 Å². The summed E-state index contributed by atoms with van der Waals surface area (Å²) in [5.74, 6) is 0.896. The van der Waals surface area contributed by atoms with E-state index in [0.717, 1.165) is 24.4 Å². The third-order valence-electron chi connectivity index (χ3n) is 4.93. The molecule has 1 atom stereocenters. The second-order valence-corrected chi connectivity index (χ2v) is 8.58. The summed E-state index contributed by atoms with van der Waals surface area (Å²) in [5.41, 5.74) is 6.07. The molecule has 0 spiro atoms. The predicted octanol–water partition coefficient (Wildman–Crippen LogP) is 3.63. The fraction of sp³-hybridized carbons (Fsp3) is 0.500. The second kappa shape index (κ2) is 9.23. The van der Waals surface area contributed by atoms with Crippen molar-refractivity contribution >= 4 is 23.7 Å². The summed E-state index contributed by atoms with van der Waals surface area (Å²) in [6.07, 6.45) is 5.87. The van der Waals surface area contributed by atoms with Crippen LogP contribution in [0.25, 0.3) is 5.69 Å². The minimum atomic E-state index is -0.845. The first kappa shape index (κ1) is 20.4. The van der Waals surface area contributed by atoms with E-state index in [-0.39, 0.29) is 5.92 Å². The minimum absolute atomic E-state index is 0.00819. The average molecular weight is 402 g/mol. The van der Waals surface area contributed by atoms with Crippen LogP contribution in [0, 0.1) is 5.92 Å². The largest absolute Gasteiger partial charge is 0.351 e. The number of aromatic nitrogens is 3. The number of amides is 3. The molecular weight excluding hydrogens is 374 g/mol. The summed E-state index contributed by atoms with van der Waals surface area (Å²) in [6.45, 7) is 3.85. The van der Waals surface area contributed by atoms with Crippen molar-refractivity contribution in [1.29, 1.82) is 0 Å². The maximum absolute atomic E-state index is 12.4. The summed E-state index contributed by atoms with van der Waals surface area (Å²) in [4.78, 5) is 28.3. The molecule has 3 N–H and O–H groups in total. The van der Waals surface area contributed by atoms with Crippen molar-refractivity contribution in [2.75, 3.05) is 0 Å². The van der Waals surface area contributed by atoms with Crippen LogP contribution in [0.1, 0.15) is 57.7 Å². The number of nitrogens with one attached hydrogen (secondary N) is 1. The van der Waals surface area contributed by atoms with Crippen LogP contribution in [0.15, 0.2) is 35.5 Å². The quantitative estimate of drug-likeness (QED) is 0.720. The van der Waals surface area contributed by atoms with Crippen LogP contribution in [0.3, 0.4) is 0 Å². The highest BCUT2D eigenvalue weighted by atomic mass is 32.2. The number of urea groups is 1. The molecule has 0 unspecified atom stereocenters. The molecule has 1 aromatic heterocycles. The van der Waals surface area contributed by atoms with Crippen molar-refractivity contribution in [2.24, 2.45) is 11.7 Å². The lowest BCUT2D eigenvalue weighted by atomic mass is 9.88. The van der Waals surface area contributed by atoms with Gasteiger partial charge in [0.2, 0.25) is 11.1 Å². The predicted molar refractivity (Wildman–Crippen MR) is 109 cm³/mol. The zero-order chi connectivity index (χ0) is 20.1. The first-order valence-corrected chi connectivity index (χ1v) is 10.6. The van der Waals surface area contributed by atoms with E-state index in [2.05, 4.69) is 5.32 Å². The van der Waals surface area contributed by atoms with Gasteiger partial charge in [0.25, 0.3) is 0 Å². The molecule has 3 rings (SSSR count). The van der Waals surface area contributed by atoms with Crippen LogP contribution in [-0.4, -0.2) is 32.0 Å². The van der Waals surface area contributed by atoms with Crippen LogP contribution in [0.5, 0.6) is 0 Å². The van der Waals surface area contributed by atoms with Gasteiger partial charge in [0.05, 0.1) is 10.9 Å². The number of carbonyl (C=O) groups excluding carboxylic acids is 2. The first-order valence-electron chi connectivity index (χ1n) is 9.75. The number of primary amides is 1. The maximum atomic E-state index is 12.4. The Labute approximate surface area is 169 Å². The van der Waals surface area contributed by atoms with Gasteiger partial charge >= 0.3 is 6.03 Å². The minimum Gasteiger partial charge on any atom is -0.351 e. The van der Waals surface area contributed by atoms with Crippen molar-refractivity contribution in [1.82, 2.24) is 20.1 Å². The van der Waals surface area contributed by atoms with Gasteiger partial charge in [-0.05, 0) is 30.9 Å². The molecule has 2 aromatic rings. The topological polar surface area (TPSA) is 103 Å². The van der Waals surface area contributed by atoms with Gasteiger partial charge in [0.15, 0.2) is 0 Å². The van der Waals surface area contributed by atoms with Crippen LogP contribution in [-0.2, 0) is 4.79 Å². The smallest absolute Gasteiger partial charge is 0.318 e. The van der Waals surface area contributed by atoms with Crippen molar-refractivity contribution in [3.8, 4) is 5.69 Å². The number of nitrogens with two attached hydrogens (primary N) is 1. The number of carbonyl (C=O) groups is 2. The van der Waals surface area contributed by atoms with Gasteiger partial charge in [0, 0.05) is 5.92 Å². The van der Waals surface area contributed by atoms with Gasteiger partial charge in [-0.25, -0.2) is 14.5 Å².